The molecule has 0 aliphatic rings. The van der Waals surface area contributed by atoms with E-state index in [2.05, 4.69) is 10.3 Å². The molecular weight excluding hydrogens is 358 g/mol. The topological polar surface area (TPSA) is 51.2 Å². The number of amides is 1. The fourth-order valence-corrected chi connectivity index (χ4v) is 3.06. The molecule has 7 heteroatoms. The third-order valence-corrected chi connectivity index (χ3v) is 4.48. The predicted molar refractivity (Wildman–Crippen MR) is 96.2 cm³/mol. The van der Waals surface area contributed by atoms with Crippen molar-refractivity contribution in [3.8, 4) is 16.3 Å². The molecule has 0 saturated carbocycles. The average molecular weight is 374 g/mol. The van der Waals surface area contributed by atoms with Gasteiger partial charge in [-0.2, -0.15) is 0 Å². The van der Waals surface area contributed by atoms with Crippen molar-refractivity contribution in [1.29, 1.82) is 0 Å². The zero-order valence-corrected chi connectivity index (χ0v) is 14.8. The average Bonchev–Trinajstić information content (AvgIpc) is 3.12. The van der Waals surface area contributed by atoms with Gasteiger partial charge in [0.2, 0.25) is 0 Å². The standard InChI is InChI=1S/C19H16F2N2O2S/c1-2-22-18(24)17-11-26-19(23-17)12-4-7-15(8-5-12)25-10-13-3-6-14(20)9-16(13)21/h3-9,11H,2,10H2,1H3,(H,22,24). The highest BCUT2D eigenvalue weighted by atomic mass is 32.1. The van der Waals surface area contributed by atoms with Crippen LogP contribution >= 0.6 is 11.3 Å². The summed E-state index contributed by atoms with van der Waals surface area (Å²) < 4.78 is 32.0. The fourth-order valence-electron chi connectivity index (χ4n) is 2.26. The first kappa shape index (κ1) is 18.0. The van der Waals surface area contributed by atoms with Crippen molar-refractivity contribution in [3.05, 3.63) is 70.7 Å². The van der Waals surface area contributed by atoms with E-state index in [0.717, 1.165) is 16.6 Å². The van der Waals surface area contributed by atoms with E-state index in [0.29, 0.717) is 18.0 Å². The van der Waals surface area contributed by atoms with Gasteiger partial charge in [0.1, 0.15) is 34.7 Å². The van der Waals surface area contributed by atoms with Gasteiger partial charge in [0.25, 0.3) is 5.91 Å². The zero-order valence-electron chi connectivity index (χ0n) is 14.0. The molecule has 2 aromatic carbocycles. The molecule has 0 saturated heterocycles. The summed E-state index contributed by atoms with van der Waals surface area (Å²) in [5, 5.41) is 5.14. The van der Waals surface area contributed by atoms with Crippen molar-refractivity contribution in [1.82, 2.24) is 10.3 Å². The van der Waals surface area contributed by atoms with Crippen LogP contribution in [0.25, 0.3) is 10.6 Å². The van der Waals surface area contributed by atoms with Crippen LogP contribution in [0.3, 0.4) is 0 Å². The van der Waals surface area contributed by atoms with Gasteiger partial charge in [-0.05, 0) is 43.3 Å². The molecule has 0 aliphatic carbocycles. The molecule has 1 N–H and O–H groups in total. The Hall–Kier alpha value is -2.80. The van der Waals surface area contributed by atoms with E-state index < -0.39 is 11.6 Å². The summed E-state index contributed by atoms with van der Waals surface area (Å²) in [5.41, 5.74) is 1.52. The minimum Gasteiger partial charge on any atom is -0.489 e. The molecule has 0 bridgehead atoms. The van der Waals surface area contributed by atoms with Gasteiger partial charge in [-0.1, -0.05) is 0 Å². The van der Waals surface area contributed by atoms with Gasteiger partial charge >= 0.3 is 0 Å². The molecule has 4 nitrogen and oxygen atoms in total. The Morgan fingerprint density at radius 1 is 1.19 bits per heavy atom. The van der Waals surface area contributed by atoms with E-state index in [1.807, 2.05) is 19.1 Å². The summed E-state index contributed by atoms with van der Waals surface area (Å²) in [6, 6.07) is 10.5. The second-order valence-electron chi connectivity index (χ2n) is 5.45. The first-order valence-corrected chi connectivity index (χ1v) is 8.85. The predicted octanol–water partition coefficient (Wildman–Crippen LogP) is 4.42. The number of ether oxygens (including phenoxy) is 1. The van der Waals surface area contributed by atoms with Crippen LogP contribution in [0.1, 0.15) is 23.0 Å². The Kier molecular flexibility index (Phi) is 5.58. The van der Waals surface area contributed by atoms with Gasteiger partial charge in [-0.25, -0.2) is 13.8 Å². The summed E-state index contributed by atoms with van der Waals surface area (Å²) in [4.78, 5) is 16.1. The van der Waals surface area contributed by atoms with E-state index in [1.54, 1.807) is 17.5 Å². The Bertz CT molecular complexity index is 910. The second kappa shape index (κ2) is 8.05. The monoisotopic (exact) mass is 374 g/mol. The first-order valence-electron chi connectivity index (χ1n) is 7.97. The van der Waals surface area contributed by atoms with E-state index in [1.165, 1.54) is 23.5 Å². The first-order chi connectivity index (χ1) is 12.6. The van der Waals surface area contributed by atoms with Crippen molar-refractivity contribution in [2.24, 2.45) is 0 Å². The number of nitrogens with zero attached hydrogens (tertiary/aromatic N) is 1. The fraction of sp³-hybridized carbons (Fsp3) is 0.158. The Labute approximate surface area is 153 Å². The van der Waals surface area contributed by atoms with Crippen LogP contribution in [0.15, 0.2) is 47.8 Å². The van der Waals surface area contributed by atoms with Gasteiger partial charge in [0, 0.05) is 29.1 Å². The molecule has 0 aliphatic heterocycles. The van der Waals surface area contributed by atoms with E-state index in [4.69, 9.17) is 4.74 Å². The molecule has 26 heavy (non-hydrogen) atoms. The van der Waals surface area contributed by atoms with Gasteiger partial charge in [-0.15, -0.1) is 11.3 Å². The number of halogens is 2. The molecule has 134 valence electrons. The lowest BCUT2D eigenvalue weighted by molar-refractivity contribution is 0.0951. The Morgan fingerprint density at radius 2 is 1.96 bits per heavy atom. The van der Waals surface area contributed by atoms with Gasteiger partial charge < -0.3 is 10.1 Å². The van der Waals surface area contributed by atoms with Crippen molar-refractivity contribution in [3.63, 3.8) is 0 Å². The summed E-state index contributed by atoms with van der Waals surface area (Å²) in [6.07, 6.45) is 0. The molecular formula is C19H16F2N2O2S. The number of thiazole rings is 1. The van der Waals surface area contributed by atoms with Crippen LogP contribution < -0.4 is 10.1 Å². The summed E-state index contributed by atoms with van der Waals surface area (Å²) in [5.74, 6) is -0.900. The third-order valence-electron chi connectivity index (χ3n) is 3.58. The van der Waals surface area contributed by atoms with Crippen molar-refractivity contribution in [2.45, 2.75) is 13.5 Å². The second-order valence-corrected chi connectivity index (χ2v) is 6.30. The number of aromatic nitrogens is 1. The molecule has 1 aromatic heterocycles. The molecule has 1 amide bonds. The molecule has 0 spiro atoms. The van der Waals surface area contributed by atoms with Crippen LogP contribution in [0.2, 0.25) is 0 Å². The van der Waals surface area contributed by atoms with Crippen molar-refractivity contribution in [2.75, 3.05) is 6.54 Å². The largest absolute Gasteiger partial charge is 0.489 e. The van der Waals surface area contributed by atoms with E-state index >= 15 is 0 Å². The van der Waals surface area contributed by atoms with Gasteiger partial charge in [0.15, 0.2) is 0 Å². The lowest BCUT2D eigenvalue weighted by atomic mass is 10.2. The molecule has 1 heterocycles. The summed E-state index contributed by atoms with van der Waals surface area (Å²) >= 11 is 1.38. The van der Waals surface area contributed by atoms with Crippen LogP contribution in [0.5, 0.6) is 5.75 Å². The maximum absolute atomic E-state index is 13.6. The lowest BCUT2D eigenvalue weighted by Gasteiger charge is -2.07. The summed E-state index contributed by atoms with van der Waals surface area (Å²) in [7, 11) is 0. The normalized spacial score (nSPS) is 10.6. The van der Waals surface area contributed by atoms with Gasteiger partial charge in [-0.3, -0.25) is 4.79 Å². The van der Waals surface area contributed by atoms with Crippen molar-refractivity contribution >= 4 is 17.2 Å². The quantitative estimate of drug-likeness (QED) is 0.695. The zero-order chi connectivity index (χ0) is 18.5. The number of hydrogen-bond acceptors (Lipinski definition) is 4. The number of benzene rings is 2. The van der Waals surface area contributed by atoms with E-state index in [9.17, 15) is 13.6 Å². The number of carbonyl (C=O) groups excluding carboxylic acids is 1. The van der Waals surface area contributed by atoms with Crippen LogP contribution in [0, 0.1) is 11.6 Å². The number of hydrogen-bond donors (Lipinski definition) is 1. The highest BCUT2D eigenvalue weighted by Crippen LogP contribution is 2.26. The summed E-state index contributed by atoms with van der Waals surface area (Å²) in [6.45, 7) is 2.40. The minimum atomic E-state index is -0.637. The molecule has 0 unspecified atom stereocenters. The minimum absolute atomic E-state index is 0.00402. The molecule has 3 aromatic rings. The van der Waals surface area contributed by atoms with Crippen LogP contribution in [-0.4, -0.2) is 17.4 Å². The van der Waals surface area contributed by atoms with Gasteiger partial charge in [0.05, 0.1) is 0 Å². The number of nitrogens with one attached hydrogen (secondary N) is 1. The molecule has 0 radical (unpaired) electrons. The maximum Gasteiger partial charge on any atom is 0.270 e. The maximum atomic E-state index is 13.6. The molecule has 0 atom stereocenters. The molecule has 3 rings (SSSR count). The van der Waals surface area contributed by atoms with Crippen molar-refractivity contribution < 1.29 is 18.3 Å². The highest BCUT2D eigenvalue weighted by Gasteiger charge is 2.11. The number of carbonyl (C=O) groups is 1. The lowest BCUT2D eigenvalue weighted by Crippen LogP contribution is -2.22. The SMILES string of the molecule is CCNC(=O)c1csc(-c2ccc(OCc3ccc(F)cc3F)cc2)n1. The Morgan fingerprint density at radius 3 is 2.65 bits per heavy atom. The molecule has 0 fully saturated rings. The van der Waals surface area contributed by atoms with Crippen LogP contribution in [0.4, 0.5) is 8.78 Å². The Balaban J connectivity index is 1.66. The number of rotatable bonds is 6. The van der Waals surface area contributed by atoms with Crippen LogP contribution in [-0.2, 0) is 6.61 Å². The third kappa shape index (κ3) is 4.23. The van der Waals surface area contributed by atoms with E-state index in [-0.39, 0.29) is 18.1 Å². The highest BCUT2D eigenvalue weighted by molar-refractivity contribution is 7.13. The smallest absolute Gasteiger partial charge is 0.270 e.